The third-order valence-corrected chi connectivity index (χ3v) is 5.47. The minimum absolute atomic E-state index is 0.366. The van der Waals surface area contributed by atoms with Crippen LogP contribution >= 0.6 is 0 Å². The van der Waals surface area contributed by atoms with Gasteiger partial charge in [-0.05, 0) is 24.6 Å². The Morgan fingerprint density at radius 2 is 1.96 bits per heavy atom. The Bertz CT molecular complexity index is 796. The van der Waals surface area contributed by atoms with Gasteiger partial charge in [0.2, 0.25) is 5.95 Å². The van der Waals surface area contributed by atoms with Gasteiger partial charge in [-0.2, -0.15) is 4.98 Å². The maximum absolute atomic E-state index is 14.3. The first-order chi connectivity index (χ1) is 13.1. The van der Waals surface area contributed by atoms with E-state index in [2.05, 4.69) is 46.2 Å². The second-order valence-corrected chi connectivity index (χ2v) is 7.36. The van der Waals surface area contributed by atoms with Gasteiger partial charge in [0.25, 0.3) is 0 Å². The average Bonchev–Trinajstić information content (AvgIpc) is 2.69. The van der Waals surface area contributed by atoms with Crippen molar-refractivity contribution in [3.8, 4) is 0 Å². The summed E-state index contributed by atoms with van der Waals surface area (Å²) in [6.45, 7) is 4.23. The third-order valence-electron chi connectivity index (χ3n) is 5.47. The summed E-state index contributed by atoms with van der Waals surface area (Å²) in [5.74, 6) is 0.556. The van der Waals surface area contributed by atoms with Crippen molar-refractivity contribution in [2.75, 3.05) is 56.7 Å². The molecular formula is C20H26FN5O. The number of morpholine rings is 1. The van der Waals surface area contributed by atoms with Gasteiger partial charge in [-0.1, -0.05) is 24.3 Å². The number of halogens is 1. The number of hydrogen-bond donors (Lipinski definition) is 0. The quantitative estimate of drug-likeness (QED) is 0.819. The molecule has 1 aromatic heterocycles. The van der Waals surface area contributed by atoms with Crippen molar-refractivity contribution >= 4 is 11.8 Å². The number of benzene rings is 1. The van der Waals surface area contributed by atoms with Crippen molar-refractivity contribution in [3.05, 3.63) is 47.4 Å². The van der Waals surface area contributed by atoms with E-state index in [4.69, 9.17) is 4.74 Å². The molecule has 0 saturated carbocycles. The first kappa shape index (κ1) is 18.1. The number of aromatic nitrogens is 2. The second kappa shape index (κ2) is 7.78. The minimum Gasteiger partial charge on any atom is -0.378 e. The number of fused-ring (bicyclic) bond motifs is 1. The van der Waals surface area contributed by atoms with Crippen LogP contribution < -0.4 is 9.80 Å². The van der Waals surface area contributed by atoms with E-state index in [9.17, 15) is 4.39 Å². The van der Waals surface area contributed by atoms with Crippen molar-refractivity contribution in [1.29, 1.82) is 0 Å². The van der Waals surface area contributed by atoms with Gasteiger partial charge in [0.05, 0.1) is 19.4 Å². The number of rotatable bonds is 4. The Labute approximate surface area is 159 Å². The lowest BCUT2D eigenvalue weighted by Crippen LogP contribution is -2.45. The Morgan fingerprint density at radius 1 is 1.22 bits per heavy atom. The monoisotopic (exact) mass is 371 g/mol. The topological polar surface area (TPSA) is 44.7 Å². The first-order valence-electron chi connectivity index (χ1n) is 9.45. The molecule has 0 spiro atoms. The summed E-state index contributed by atoms with van der Waals surface area (Å²) in [5, 5.41) is 0. The van der Waals surface area contributed by atoms with E-state index in [-0.39, 0.29) is 5.82 Å². The highest BCUT2D eigenvalue weighted by atomic mass is 19.1. The van der Waals surface area contributed by atoms with Gasteiger partial charge in [0.1, 0.15) is 0 Å². The maximum atomic E-state index is 14.3. The molecule has 0 radical (unpaired) electrons. The minimum atomic E-state index is -0.377. The zero-order valence-electron chi connectivity index (χ0n) is 15.9. The highest BCUT2D eigenvalue weighted by Gasteiger charge is 2.25. The van der Waals surface area contributed by atoms with E-state index in [1.54, 1.807) is 0 Å². The first-order valence-corrected chi connectivity index (χ1v) is 9.45. The van der Waals surface area contributed by atoms with Crippen molar-refractivity contribution in [3.63, 3.8) is 0 Å². The van der Waals surface area contributed by atoms with Gasteiger partial charge in [-0.15, -0.1) is 0 Å². The molecule has 1 fully saturated rings. The van der Waals surface area contributed by atoms with E-state index in [0.29, 0.717) is 44.1 Å². The molecule has 1 unspecified atom stereocenters. The fraction of sp³-hybridized carbons (Fsp3) is 0.500. The summed E-state index contributed by atoms with van der Waals surface area (Å²) in [7, 11) is 4.13. The smallest absolute Gasteiger partial charge is 0.227 e. The van der Waals surface area contributed by atoms with E-state index in [1.807, 2.05) is 16.8 Å². The van der Waals surface area contributed by atoms with Crippen LogP contribution in [0.25, 0.3) is 0 Å². The molecule has 6 nitrogen and oxygen atoms in total. The van der Waals surface area contributed by atoms with Crippen LogP contribution in [0, 0.1) is 5.82 Å². The molecule has 1 saturated heterocycles. The highest BCUT2D eigenvalue weighted by Crippen LogP contribution is 2.24. The lowest BCUT2D eigenvalue weighted by atomic mass is 9.94. The molecule has 2 aliphatic heterocycles. The van der Waals surface area contributed by atoms with Crippen LogP contribution in [-0.2, 0) is 17.7 Å². The normalized spacial score (nSPS) is 20.4. The van der Waals surface area contributed by atoms with E-state index in [1.165, 1.54) is 17.3 Å². The summed E-state index contributed by atoms with van der Waals surface area (Å²) in [6.07, 6.45) is 2.28. The number of ether oxygens (including phenoxy) is 1. The molecule has 0 bridgehead atoms. The van der Waals surface area contributed by atoms with Gasteiger partial charge < -0.3 is 14.5 Å². The summed E-state index contributed by atoms with van der Waals surface area (Å²) < 4.78 is 19.6. The fourth-order valence-electron chi connectivity index (χ4n) is 3.85. The highest BCUT2D eigenvalue weighted by molar-refractivity contribution is 5.45. The molecule has 4 rings (SSSR count). The van der Waals surface area contributed by atoms with Gasteiger partial charge in [-0.3, -0.25) is 4.90 Å². The molecule has 1 atom stereocenters. The van der Waals surface area contributed by atoms with Crippen LogP contribution in [0.1, 0.15) is 11.1 Å². The standard InChI is InChI=1S/C20H26FN5O/c1-24-13-16-6-4-3-5-15(16)11-17(24)14-25(2)20-22-12-18(21)19(23-20)26-7-9-27-10-8-26/h3-6,12,17H,7-11,13-14H2,1-2H3. The number of anilines is 2. The van der Waals surface area contributed by atoms with E-state index >= 15 is 0 Å². The van der Waals surface area contributed by atoms with Crippen molar-refractivity contribution in [1.82, 2.24) is 14.9 Å². The van der Waals surface area contributed by atoms with Gasteiger partial charge in [0, 0.05) is 39.3 Å². The lowest BCUT2D eigenvalue weighted by molar-refractivity contribution is 0.122. The summed E-state index contributed by atoms with van der Waals surface area (Å²) >= 11 is 0. The fourth-order valence-corrected chi connectivity index (χ4v) is 3.85. The Balaban J connectivity index is 1.49. The van der Waals surface area contributed by atoms with Crippen LogP contribution in [0.3, 0.4) is 0 Å². The lowest BCUT2D eigenvalue weighted by Gasteiger charge is -2.36. The van der Waals surface area contributed by atoms with Crippen LogP contribution in [0.4, 0.5) is 16.2 Å². The average molecular weight is 371 g/mol. The van der Waals surface area contributed by atoms with Gasteiger partial charge >= 0.3 is 0 Å². The summed E-state index contributed by atoms with van der Waals surface area (Å²) in [6, 6.07) is 8.97. The molecule has 2 aliphatic rings. The van der Waals surface area contributed by atoms with Crippen LogP contribution in [0.15, 0.2) is 30.5 Å². The second-order valence-electron chi connectivity index (χ2n) is 7.36. The third kappa shape index (κ3) is 3.89. The van der Waals surface area contributed by atoms with Crippen molar-refractivity contribution in [2.24, 2.45) is 0 Å². The molecule has 27 heavy (non-hydrogen) atoms. The molecule has 0 N–H and O–H groups in total. The molecule has 1 aromatic carbocycles. The predicted molar refractivity (Wildman–Crippen MR) is 104 cm³/mol. The summed E-state index contributed by atoms with van der Waals surface area (Å²) in [5.41, 5.74) is 2.80. The Morgan fingerprint density at radius 3 is 2.74 bits per heavy atom. The number of nitrogens with zero attached hydrogens (tertiary/aromatic N) is 5. The van der Waals surface area contributed by atoms with E-state index in [0.717, 1.165) is 19.5 Å². The zero-order chi connectivity index (χ0) is 18.8. The van der Waals surface area contributed by atoms with Crippen molar-refractivity contribution < 1.29 is 9.13 Å². The zero-order valence-corrected chi connectivity index (χ0v) is 15.9. The largest absolute Gasteiger partial charge is 0.378 e. The molecule has 144 valence electrons. The summed E-state index contributed by atoms with van der Waals surface area (Å²) in [4.78, 5) is 15.1. The van der Waals surface area contributed by atoms with Gasteiger partial charge in [0.15, 0.2) is 11.6 Å². The Kier molecular flexibility index (Phi) is 5.22. The number of hydrogen-bond acceptors (Lipinski definition) is 6. The molecule has 3 heterocycles. The Hall–Kier alpha value is -2.25. The molecule has 2 aromatic rings. The van der Waals surface area contributed by atoms with E-state index < -0.39 is 0 Å². The molecule has 0 aliphatic carbocycles. The van der Waals surface area contributed by atoms with Crippen LogP contribution in [0.5, 0.6) is 0 Å². The molecular weight excluding hydrogens is 345 g/mol. The number of likely N-dealkylation sites (N-methyl/N-ethyl adjacent to an activating group) is 2. The maximum Gasteiger partial charge on any atom is 0.227 e. The van der Waals surface area contributed by atoms with Crippen LogP contribution in [-0.4, -0.2) is 67.9 Å². The molecule has 7 heteroatoms. The van der Waals surface area contributed by atoms with Crippen LogP contribution in [0.2, 0.25) is 0 Å². The SMILES string of the molecule is CN(CC1Cc2ccccc2CN1C)c1ncc(F)c(N2CCOCC2)n1. The van der Waals surface area contributed by atoms with Crippen molar-refractivity contribution in [2.45, 2.75) is 19.0 Å². The van der Waals surface area contributed by atoms with Gasteiger partial charge in [-0.25, -0.2) is 9.37 Å². The predicted octanol–water partition coefficient (Wildman–Crippen LogP) is 1.95. The molecule has 0 amide bonds.